The molecule has 1 atom stereocenters. The number of ether oxygens (including phenoxy) is 1. The van der Waals surface area contributed by atoms with Crippen LogP contribution < -0.4 is 4.74 Å². The van der Waals surface area contributed by atoms with E-state index in [1.807, 2.05) is 24.3 Å². The van der Waals surface area contributed by atoms with Crippen molar-refractivity contribution in [2.45, 2.75) is 5.92 Å². The quantitative estimate of drug-likeness (QED) is 0.727. The lowest BCUT2D eigenvalue weighted by atomic mass is 10.0. The van der Waals surface area contributed by atoms with Gasteiger partial charge in [-0.3, -0.25) is 4.98 Å². The van der Waals surface area contributed by atoms with Crippen LogP contribution in [0, 0.1) is 0 Å². The van der Waals surface area contributed by atoms with E-state index in [9.17, 15) is 0 Å². The van der Waals surface area contributed by atoms with Crippen molar-refractivity contribution in [3.05, 3.63) is 58.8 Å². The van der Waals surface area contributed by atoms with E-state index in [1.54, 1.807) is 12.4 Å². The molecule has 0 amide bonds. The molecule has 2 nitrogen and oxygen atoms in total. The van der Waals surface area contributed by atoms with E-state index in [-0.39, 0.29) is 0 Å². The van der Waals surface area contributed by atoms with Gasteiger partial charge in [-0.25, -0.2) is 0 Å². The summed E-state index contributed by atoms with van der Waals surface area (Å²) in [5.74, 6) is 1.12. The molecule has 1 aromatic carbocycles. The number of alkyl halides is 1. The van der Waals surface area contributed by atoms with Crippen LogP contribution in [0.3, 0.4) is 0 Å². The molecule has 0 saturated carbocycles. The van der Waals surface area contributed by atoms with E-state index >= 15 is 0 Å². The zero-order valence-electron chi connectivity index (χ0n) is 9.72. The van der Waals surface area contributed by atoms with Gasteiger partial charge in [0.2, 0.25) is 0 Å². The van der Waals surface area contributed by atoms with E-state index in [0.29, 0.717) is 12.5 Å². The number of benzene rings is 1. The highest BCUT2D eigenvalue weighted by Gasteiger charge is 2.10. The SMILES string of the molecule is BrCC(COc1cncc(Br)c1)c1ccccc1. The summed E-state index contributed by atoms with van der Waals surface area (Å²) in [6.45, 7) is 0.632. The second-order valence-electron chi connectivity index (χ2n) is 3.91. The highest BCUT2D eigenvalue weighted by atomic mass is 79.9. The van der Waals surface area contributed by atoms with Gasteiger partial charge in [0.1, 0.15) is 5.75 Å². The first-order valence-corrected chi connectivity index (χ1v) is 7.55. The van der Waals surface area contributed by atoms with Crippen molar-refractivity contribution in [2.75, 3.05) is 11.9 Å². The van der Waals surface area contributed by atoms with Crippen molar-refractivity contribution < 1.29 is 4.74 Å². The number of hydrogen-bond donors (Lipinski definition) is 0. The molecule has 0 aliphatic carbocycles. The predicted molar refractivity (Wildman–Crippen MR) is 80.4 cm³/mol. The number of rotatable bonds is 5. The Morgan fingerprint density at radius 1 is 1.17 bits per heavy atom. The fourth-order valence-electron chi connectivity index (χ4n) is 1.62. The Balaban J connectivity index is 2.00. The van der Waals surface area contributed by atoms with Crippen molar-refractivity contribution in [3.8, 4) is 5.75 Å². The molecule has 0 fully saturated rings. The van der Waals surface area contributed by atoms with E-state index in [0.717, 1.165) is 15.6 Å². The summed E-state index contributed by atoms with van der Waals surface area (Å²) in [5.41, 5.74) is 1.28. The largest absolute Gasteiger partial charge is 0.491 e. The van der Waals surface area contributed by atoms with Crippen LogP contribution in [0.5, 0.6) is 5.75 Å². The summed E-state index contributed by atoms with van der Waals surface area (Å²) >= 11 is 6.92. The first-order chi connectivity index (χ1) is 8.79. The number of hydrogen-bond acceptors (Lipinski definition) is 2. The normalized spacial score (nSPS) is 12.1. The topological polar surface area (TPSA) is 22.1 Å². The molecule has 1 aromatic heterocycles. The third kappa shape index (κ3) is 3.82. The Kier molecular flexibility index (Phi) is 5.20. The molecule has 2 rings (SSSR count). The second kappa shape index (κ2) is 6.90. The van der Waals surface area contributed by atoms with Crippen LogP contribution in [-0.4, -0.2) is 16.9 Å². The van der Waals surface area contributed by atoms with E-state index in [2.05, 4.69) is 49.0 Å². The van der Waals surface area contributed by atoms with Crippen LogP contribution in [0.4, 0.5) is 0 Å². The fraction of sp³-hybridized carbons (Fsp3) is 0.214. The van der Waals surface area contributed by atoms with Gasteiger partial charge in [-0.05, 0) is 27.6 Å². The van der Waals surface area contributed by atoms with E-state index in [4.69, 9.17) is 4.74 Å². The maximum Gasteiger partial charge on any atom is 0.138 e. The number of aromatic nitrogens is 1. The average Bonchev–Trinajstić information content (AvgIpc) is 2.41. The van der Waals surface area contributed by atoms with Crippen LogP contribution in [0.1, 0.15) is 11.5 Å². The fourth-order valence-corrected chi connectivity index (χ4v) is 2.53. The van der Waals surface area contributed by atoms with Crippen molar-refractivity contribution in [2.24, 2.45) is 0 Å². The van der Waals surface area contributed by atoms with Crippen molar-refractivity contribution in [1.29, 1.82) is 0 Å². The Morgan fingerprint density at radius 2 is 1.94 bits per heavy atom. The number of pyridine rings is 1. The molecule has 0 N–H and O–H groups in total. The molecule has 4 heteroatoms. The summed E-state index contributed by atoms with van der Waals surface area (Å²) in [4.78, 5) is 4.08. The summed E-state index contributed by atoms with van der Waals surface area (Å²) < 4.78 is 6.70. The maximum atomic E-state index is 5.77. The van der Waals surface area contributed by atoms with Gasteiger partial charge in [0.15, 0.2) is 0 Å². The van der Waals surface area contributed by atoms with Crippen LogP contribution in [0.25, 0.3) is 0 Å². The minimum absolute atomic E-state index is 0.338. The molecule has 1 heterocycles. The van der Waals surface area contributed by atoms with E-state index in [1.165, 1.54) is 5.56 Å². The zero-order valence-corrected chi connectivity index (χ0v) is 12.9. The van der Waals surface area contributed by atoms with Crippen LogP contribution in [0.15, 0.2) is 53.3 Å². The van der Waals surface area contributed by atoms with Crippen LogP contribution in [0.2, 0.25) is 0 Å². The van der Waals surface area contributed by atoms with Crippen molar-refractivity contribution >= 4 is 31.9 Å². The van der Waals surface area contributed by atoms with E-state index < -0.39 is 0 Å². The molecule has 2 aromatic rings. The minimum atomic E-state index is 0.338. The Hall–Kier alpha value is -0.870. The first-order valence-electron chi connectivity index (χ1n) is 5.64. The Bertz CT molecular complexity index is 490. The first kappa shape index (κ1) is 13.6. The second-order valence-corrected chi connectivity index (χ2v) is 5.47. The third-order valence-electron chi connectivity index (χ3n) is 2.59. The van der Waals surface area contributed by atoms with Gasteiger partial charge < -0.3 is 4.74 Å². The summed E-state index contributed by atoms with van der Waals surface area (Å²) in [7, 11) is 0. The average molecular weight is 371 g/mol. The van der Waals surface area contributed by atoms with Crippen LogP contribution in [-0.2, 0) is 0 Å². The standard InChI is InChI=1S/C14H13Br2NO/c15-7-12(11-4-2-1-3-5-11)10-18-14-6-13(16)8-17-9-14/h1-6,8-9,12H,7,10H2. The molecule has 1 unspecified atom stereocenters. The molecular weight excluding hydrogens is 358 g/mol. The lowest BCUT2D eigenvalue weighted by Crippen LogP contribution is -2.11. The number of halogens is 2. The Labute approximate surface area is 124 Å². The van der Waals surface area contributed by atoms with Gasteiger partial charge in [0, 0.05) is 21.9 Å². The van der Waals surface area contributed by atoms with Gasteiger partial charge in [0.05, 0.1) is 12.8 Å². The van der Waals surface area contributed by atoms with Crippen LogP contribution >= 0.6 is 31.9 Å². The molecule has 18 heavy (non-hydrogen) atoms. The zero-order chi connectivity index (χ0) is 12.8. The van der Waals surface area contributed by atoms with Gasteiger partial charge in [-0.1, -0.05) is 46.3 Å². The highest BCUT2D eigenvalue weighted by molar-refractivity contribution is 9.10. The van der Waals surface area contributed by atoms with Crippen molar-refractivity contribution in [3.63, 3.8) is 0 Å². The predicted octanol–water partition coefficient (Wildman–Crippen LogP) is 4.40. The van der Waals surface area contributed by atoms with Gasteiger partial charge >= 0.3 is 0 Å². The summed E-state index contributed by atoms with van der Waals surface area (Å²) in [5, 5.41) is 0.873. The van der Waals surface area contributed by atoms with Gasteiger partial charge in [0.25, 0.3) is 0 Å². The molecule has 0 radical (unpaired) electrons. The molecule has 0 aliphatic heterocycles. The van der Waals surface area contributed by atoms with Crippen molar-refractivity contribution in [1.82, 2.24) is 4.98 Å². The lowest BCUT2D eigenvalue weighted by molar-refractivity contribution is 0.297. The molecule has 0 bridgehead atoms. The molecular formula is C14H13Br2NO. The van der Waals surface area contributed by atoms with Gasteiger partial charge in [-0.2, -0.15) is 0 Å². The molecule has 0 saturated heterocycles. The van der Waals surface area contributed by atoms with Gasteiger partial charge in [-0.15, -0.1) is 0 Å². The molecule has 0 spiro atoms. The highest BCUT2D eigenvalue weighted by Crippen LogP contribution is 2.21. The maximum absolute atomic E-state index is 5.77. The lowest BCUT2D eigenvalue weighted by Gasteiger charge is -2.15. The third-order valence-corrected chi connectivity index (χ3v) is 3.80. The molecule has 0 aliphatic rings. The molecule has 94 valence electrons. The number of nitrogens with zero attached hydrogens (tertiary/aromatic N) is 1. The summed E-state index contributed by atoms with van der Waals surface area (Å²) in [6, 6.07) is 12.3. The summed E-state index contributed by atoms with van der Waals surface area (Å²) in [6.07, 6.45) is 3.47. The minimum Gasteiger partial charge on any atom is -0.491 e. The monoisotopic (exact) mass is 369 g/mol. The Morgan fingerprint density at radius 3 is 2.61 bits per heavy atom. The smallest absolute Gasteiger partial charge is 0.138 e.